The van der Waals surface area contributed by atoms with Gasteiger partial charge in [0.25, 0.3) is 0 Å². The lowest BCUT2D eigenvalue weighted by Gasteiger charge is -2.36. The third-order valence-corrected chi connectivity index (χ3v) is 8.67. The van der Waals surface area contributed by atoms with Crippen molar-refractivity contribution in [3.05, 3.63) is 54.6 Å². The maximum atomic E-state index is 2.42. The summed E-state index contributed by atoms with van der Waals surface area (Å²) in [5, 5.41) is 2.10. The van der Waals surface area contributed by atoms with Crippen LogP contribution in [0.4, 0.5) is 0 Å². The van der Waals surface area contributed by atoms with Crippen molar-refractivity contribution in [2.24, 2.45) is 0 Å². The van der Waals surface area contributed by atoms with Crippen LogP contribution in [0.2, 0.25) is 0 Å². The van der Waals surface area contributed by atoms with Crippen LogP contribution in [0, 0.1) is 0 Å². The summed E-state index contributed by atoms with van der Waals surface area (Å²) in [5.41, 5.74) is 2.84. The van der Waals surface area contributed by atoms with E-state index >= 15 is 0 Å². The molecule has 0 aliphatic carbocycles. The molecule has 0 N–H and O–H groups in total. The number of hydrogen-bond donors (Lipinski definition) is 0. The van der Waals surface area contributed by atoms with E-state index in [0.717, 1.165) is 8.58 Å². The second-order valence-corrected chi connectivity index (χ2v) is 11.2. The molecule has 0 radical (unpaired) electrons. The van der Waals surface area contributed by atoms with Crippen molar-refractivity contribution in [3.63, 3.8) is 0 Å². The molecule has 0 bridgehead atoms. The van der Waals surface area contributed by atoms with Crippen LogP contribution in [0.3, 0.4) is 0 Å². The van der Waals surface area contributed by atoms with Crippen LogP contribution in [0.1, 0.15) is 111 Å². The fourth-order valence-corrected chi connectivity index (χ4v) is 6.82. The molecule has 0 aromatic heterocycles. The molecule has 0 aliphatic heterocycles. The molecule has 1 unspecified atom stereocenters. The first-order chi connectivity index (χ1) is 15.2. The molecule has 0 aliphatic rings. The third-order valence-electron chi connectivity index (χ3n) is 6.69. The Balaban J connectivity index is 2.28. The van der Waals surface area contributed by atoms with E-state index in [1.54, 1.807) is 5.30 Å². The Morgan fingerprint density at radius 3 is 1.61 bits per heavy atom. The van der Waals surface area contributed by atoms with Crippen molar-refractivity contribution >= 4 is 13.9 Å². The summed E-state index contributed by atoms with van der Waals surface area (Å²) in [4.78, 5) is 0. The van der Waals surface area contributed by atoms with Gasteiger partial charge in [0.05, 0.1) is 0 Å². The molecule has 2 rings (SSSR count). The van der Waals surface area contributed by atoms with Crippen LogP contribution < -0.4 is 5.30 Å². The molecule has 1 atom stereocenters. The first-order valence-electron chi connectivity index (χ1n) is 13.2. The van der Waals surface area contributed by atoms with Gasteiger partial charge in [-0.1, -0.05) is 155 Å². The highest BCUT2D eigenvalue weighted by atomic mass is 31.1. The van der Waals surface area contributed by atoms with Crippen LogP contribution in [-0.2, 0) is 0 Å². The smallest absolute Gasteiger partial charge is 0.00814 e. The van der Waals surface area contributed by atoms with Crippen molar-refractivity contribution in [2.75, 3.05) is 0 Å². The molecule has 0 heterocycles. The summed E-state index contributed by atoms with van der Waals surface area (Å²) in [5.74, 6) is 0. The van der Waals surface area contributed by atoms with E-state index in [4.69, 9.17) is 0 Å². The van der Waals surface area contributed by atoms with Gasteiger partial charge in [-0.15, -0.1) is 0 Å². The zero-order valence-electron chi connectivity index (χ0n) is 20.6. The molecular weight excluding hydrogens is 391 g/mol. The molecule has 2 aromatic carbocycles. The highest BCUT2D eigenvalue weighted by Gasteiger charge is 2.30. The van der Waals surface area contributed by atoms with E-state index in [1.165, 1.54) is 101 Å². The van der Waals surface area contributed by atoms with Crippen LogP contribution >= 0.6 is 8.58 Å². The molecule has 1 heteroatoms. The minimum Gasteiger partial charge on any atom is -0.0833 e. The van der Waals surface area contributed by atoms with Gasteiger partial charge in [0.1, 0.15) is 0 Å². The Bertz CT molecular complexity index is 679. The monoisotopic (exact) mass is 438 g/mol. The average Bonchev–Trinajstić information content (AvgIpc) is 2.81. The fourth-order valence-electron chi connectivity index (χ4n) is 4.80. The standard InChI is InChI=1S/C30H47P/c1-4-7-10-18-25-30(24-17-9-6-3,26-19-11-8-5-2)31-29-23-16-15-22-28(29)27-20-13-12-14-21-27/h12-16,20-23,31H,4-11,17-19,24-26H2,1-3H3. The Morgan fingerprint density at radius 1 is 0.548 bits per heavy atom. The lowest BCUT2D eigenvalue weighted by molar-refractivity contribution is 0.406. The first-order valence-corrected chi connectivity index (χ1v) is 14.2. The summed E-state index contributed by atoms with van der Waals surface area (Å²) in [6, 6.07) is 20.3. The summed E-state index contributed by atoms with van der Waals surface area (Å²) < 4.78 is 0. The molecule has 31 heavy (non-hydrogen) atoms. The molecule has 0 spiro atoms. The minimum absolute atomic E-state index is 0.502. The van der Waals surface area contributed by atoms with Gasteiger partial charge in [-0.3, -0.25) is 0 Å². The Hall–Kier alpha value is -1.13. The molecule has 0 fully saturated rings. The van der Waals surface area contributed by atoms with Crippen LogP contribution in [0.15, 0.2) is 54.6 Å². The second-order valence-electron chi connectivity index (χ2n) is 9.40. The summed E-state index contributed by atoms with van der Waals surface area (Å²) in [6.45, 7) is 7.01. The molecule has 0 nitrogen and oxygen atoms in total. The largest absolute Gasteiger partial charge is 0.0833 e. The van der Waals surface area contributed by atoms with Crippen LogP contribution in [-0.4, -0.2) is 5.16 Å². The van der Waals surface area contributed by atoms with Gasteiger partial charge in [0.15, 0.2) is 0 Å². The summed E-state index contributed by atoms with van der Waals surface area (Å²) >= 11 is 0. The quantitative estimate of drug-likeness (QED) is 0.170. The highest BCUT2D eigenvalue weighted by Crippen LogP contribution is 2.46. The first kappa shape index (κ1) is 26.1. The van der Waals surface area contributed by atoms with Crippen molar-refractivity contribution in [1.82, 2.24) is 0 Å². The number of hydrogen-bond acceptors (Lipinski definition) is 0. The highest BCUT2D eigenvalue weighted by molar-refractivity contribution is 7.49. The van der Waals surface area contributed by atoms with Crippen LogP contribution in [0.25, 0.3) is 11.1 Å². The van der Waals surface area contributed by atoms with E-state index in [-0.39, 0.29) is 0 Å². The summed E-state index contributed by atoms with van der Waals surface area (Å²) in [7, 11) is 0.925. The van der Waals surface area contributed by atoms with E-state index in [0.29, 0.717) is 5.16 Å². The van der Waals surface area contributed by atoms with E-state index in [2.05, 4.69) is 75.4 Å². The van der Waals surface area contributed by atoms with Crippen molar-refractivity contribution in [3.8, 4) is 11.1 Å². The topological polar surface area (TPSA) is 0 Å². The zero-order valence-corrected chi connectivity index (χ0v) is 21.6. The Kier molecular flexibility index (Phi) is 13.2. The maximum absolute atomic E-state index is 2.42. The molecule has 0 saturated heterocycles. The third kappa shape index (κ3) is 9.49. The van der Waals surface area contributed by atoms with E-state index in [1.807, 2.05) is 0 Å². The fraction of sp³-hybridized carbons (Fsp3) is 0.600. The van der Waals surface area contributed by atoms with Gasteiger partial charge in [0, 0.05) is 0 Å². The molecule has 0 saturated carbocycles. The second kappa shape index (κ2) is 15.6. The van der Waals surface area contributed by atoms with E-state index in [9.17, 15) is 0 Å². The Morgan fingerprint density at radius 2 is 1.03 bits per heavy atom. The van der Waals surface area contributed by atoms with Crippen molar-refractivity contribution in [2.45, 2.75) is 116 Å². The lowest BCUT2D eigenvalue weighted by atomic mass is 9.88. The van der Waals surface area contributed by atoms with Crippen LogP contribution in [0.5, 0.6) is 0 Å². The molecule has 172 valence electrons. The number of unbranched alkanes of at least 4 members (excludes halogenated alkanes) is 8. The number of benzene rings is 2. The average molecular weight is 439 g/mol. The van der Waals surface area contributed by atoms with Gasteiger partial charge < -0.3 is 0 Å². The minimum atomic E-state index is 0.502. The van der Waals surface area contributed by atoms with Gasteiger partial charge in [-0.2, -0.15) is 0 Å². The normalized spacial score (nSPS) is 12.1. The van der Waals surface area contributed by atoms with Crippen molar-refractivity contribution < 1.29 is 0 Å². The molecular formula is C30H47P. The maximum Gasteiger partial charge on any atom is -0.00814 e. The zero-order chi connectivity index (χ0) is 22.2. The predicted molar refractivity (Wildman–Crippen MR) is 144 cm³/mol. The van der Waals surface area contributed by atoms with E-state index < -0.39 is 0 Å². The SMILES string of the molecule is CCCCCCC(CCCCC)(CCCCCC)Pc1ccccc1-c1ccccc1. The summed E-state index contributed by atoms with van der Waals surface area (Å²) in [6.07, 6.45) is 19.5. The lowest BCUT2D eigenvalue weighted by Crippen LogP contribution is -2.27. The van der Waals surface area contributed by atoms with Gasteiger partial charge in [-0.05, 0) is 40.8 Å². The molecule has 2 aromatic rings. The predicted octanol–water partition coefficient (Wildman–Crippen LogP) is 9.92. The van der Waals surface area contributed by atoms with Crippen molar-refractivity contribution in [1.29, 1.82) is 0 Å². The van der Waals surface area contributed by atoms with Gasteiger partial charge in [0.2, 0.25) is 0 Å². The van der Waals surface area contributed by atoms with Gasteiger partial charge >= 0.3 is 0 Å². The number of rotatable bonds is 17. The Labute approximate surface area is 195 Å². The molecule has 0 amide bonds. The van der Waals surface area contributed by atoms with Gasteiger partial charge in [-0.25, -0.2) is 0 Å².